The number of nitrogens with zero attached hydrogens (tertiary/aromatic N) is 2. The quantitative estimate of drug-likeness (QED) is 0.351. The summed E-state index contributed by atoms with van der Waals surface area (Å²) in [5.41, 5.74) is 2.24. The minimum atomic E-state index is -0.638. The van der Waals surface area contributed by atoms with E-state index in [4.69, 9.17) is 9.47 Å². The number of aromatic nitrogens is 1. The molecule has 0 unspecified atom stereocenters. The van der Waals surface area contributed by atoms with E-state index in [1.165, 1.54) is 18.4 Å². The fraction of sp³-hybridized carbons (Fsp3) is 0.240. The average molecular weight is 590 g/mol. The second-order valence-corrected chi connectivity index (χ2v) is 9.65. The van der Waals surface area contributed by atoms with E-state index in [0.717, 1.165) is 11.1 Å². The predicted octanol–water partition coefficient (Wildman–Crippen LogP) is 3.51. The van der Waals surface area contributed by atoms with Gasteiger partial charge in [0, 0.05) is 0 Å². The lowest BCUT2D eigenvalue weighted by Gasteiger charge is -2.25. The number of ether oxygens (including phenoxy) is 2. The highest BCUT2D eigenvalue weighted by Crippen LogP contribution is 2.33. The van der Waals surface area contributed by atoms with Crippen LogP contribution in [0.3, 0.4) is 0 Å². The van der Waals surface area contributed by atoms with E-state index in [0.29, 0.717) is 43.0 Å². The Bertz CT molecular complexity index is 1460. The molecular weight excluding hydrogens is 567 g/mol. The monoisotopic (exact) mass is 590 g/mol. The lowest BCUT2D eigenvalue weighted by molar-refractivity contribution is -0.136. The zero-order chi connectivity index (χ0) is 24.4. The zero-order valence-electron chi connectivity index (χ0n) is 18.9. The van der Waals surface area contributed by atoms with Gasteiger partial charge in [-0.2, -0.15) is 0 Å². The van der Waals surface area contributed by atoms with Crippen LogP contribution < -0.4 is 19.6 Å². The van der Waals surface area contributed by atoms with Crippen molar-refractivity contribution in [2.45, 2.75) is 26.3 Å². The zero-order valence-corrected chi connectivity index (χ0v) is 21.8. The fourth-order valence-electron chi connectivity index (χ4n) is 3.91. The van der Waals surface area contributed by atoms with Crippen LogP contribution in [-0.2, 0) is 9.53 Å². The highest BCUT2D eigenvalue weighted by molar-refractivity contribution is 14.1. The van der Waals surface area contributed by atoms with Gasteiger partial charge >= 0.3 is 5.97 Å². The van der Waals surface area contributed by atoms with Crippen LogP contribution in [0.15, 0.2) is 63.5 Å². The van der Waals surface area contributed by atoms with E-state index in [1.54, 1.807) is 22.8 Å². The molecule has 7 nitrogen and oxygen atoms in total. The Kier molecular flexibility index (Phi) is 7.22. The summed E-state index contributed by atoms with van der Waals surface area (Å²) in [7, 11) is 1.33. The van der Waals surface area contributed by atoms with Crippen LogP contribution in [0.2, 0.25) is 0 Å². The molecule has 0 fully saturated rings. The van der Waals surface area contributed by atoms with Gasteiger partial charge in [0.15, 0.2) is 16.3 Å². The number of hydrogen-bond acceptors (Lipinski definition) is 7. The summed E-state index contributed by atoms with van der Waals surface area (Å²) in [5, 5.41) is 10.3. The molecule has 3 aromatic rings. The Balaban J connectivity index is 1.97. The smallest absolute Gasteiger partial charge is 0.338 e. The number of aromatic hydroxyl groups is 1. The first-order valence-corrected chi connectivity index (χ1v) is 12.6. The summed E-state index contributed by atoms with van der Waals surface area (Å²) in [4.78, 5) is 31.6. The summed E-state index contributed by atoms with van der Waals surface area (Å²) >= 11 is 3.29. The maximum absolute atomic E-state index is 13.6. The lowest BCUT2D eigenvalue weighted by Crippen LogP contribution is -2.40. The number of fused-ring (bicyclic) bond motifs is 1. The molecular formula is C25H23IN2O5S. The number of phenolic OH excluding ortho intramolecular Hbond substituents is 1. The van der Waals surface area contributed by atoms with Gasteiger partial charge in [0.25, 0.3) is 5.56 Å². The van der Waals surface area contributed by atoms with E-state index >= 15 is 0 Å². The molecule has 34 heavy (non-hydrogen) atoms. The van der Waals surface area contributed by atoms with E-state index in [1.807, 2.05) is 66.8 Å². The van der Waals surface area contributed by atoms with E-state index in [9.17, 15) is 14.7 Å². The number of thiazole rings is 1. The van der Waals surface area contributed by atoms with Crippen LogP contribution in [-0.4, -0.2) is 29.4 Å². The Hall–Kier alpha value is -2.92. The van der Waals surface area contributed by atoms with Crippen LogP contribution in [0, 0.1) is 3.57 Å². The van der Waals surface area contributed by atoms with Gasteiger partial charge in [0.05, 0.1) is 39.1 Å². The van der Waals surface area contributed by atoms with Gasteiger partial charge in [-0.05, 0) is 65.3 Å². The molecule has 1 aromatic heterocycles. The number of hydrogen-bond donors (Lipinski definition) is 1. The third-order valence-corrected chi connectivity index (χ3v) is 7.22. The average Bonchev–Trinajstić information content (AvgIpc) is 3.15. The number of phenols is 1. The highest BCUT2D eigenvalue weighted by Gasteiger charge is 2.33. The van der Waals surface area contributed by atoms with Gasteiger partial charge in [0.2, 0.25) is 0 Å². The summed E-state index contributed by atoms with van der Waals surface area (Å²) in [6.45, 7) is 4.17. The number of allylic oxidation sites excluding steroid dienone is 1. The molecule has 9 heteroatoms. The molecule has 1 N–H and O–H groups in total. The third kappa shape index (κ3) is 4.41. The molecule has 0 aliphatic carbocycles. The van der Waals surface area contributed by atoms with Crippen molar-refractivity contribution in [3.05, 3.63) is 88.1 Å². The number of halogens is 1. The van der Waals surface area contributed by atoms with Crippen molar-refractivity contribution in [2.24, 2.45) is 4.99 Å². The van der Waals surface area contributed by atoms with Crippen LogP contribution in [0.1, 0.15) is 37.4 Å². The number of carbonyl (C=O) groups excluding carboxylic acids is 1. The van der Waals surface area contributed by atoms with Crippen molar-refractivity contribution in [1.29, 1.82) is 0 Å². The molecule has 1 aliphatic rings. The standard InChI is InChI=1S/C25H23IN2O5S/c1-4-17-20(24(31)32-3)21(15-9-7-6-8-10-15)28-23(30)19(34-25(28)27-17)13-14-11-16(26)22(29)18(12-14)33-5-2/h6-13,21,29H,4-5H2,1-3H3/b19-13+/t21-/m0/s1. The number of methoxy groups -OCH3 is 1. The summed E-state index contributed by atoms with van der Waals surface area (Å²) in [6, 6.07) is 12.3. The van der Waals surface area contributed by atoms with Crippen LogP contribution in [0.25, 0.3) is 6.08 Å². The molecule has 0 radical (unpaired) electrons. The molecule has 0 amide bonds. The molecule has 0 saturated heterocycles. The third-order valence-electron chi connectivity index (χ3n) is 5.41. The second kappa shape index (κ2) is 10.1. The Morgan fingerprint density at radius 2 is 2.00 bits per heavy atom. The lowest BCUT2D eigenvalue weighted by atomic mass is 9.95. The topological polar surface area (TPSA) is 90.1 Å². The first kappa shape index (κ1) is 24.2. The molecule has 0 saturated carbocycles. The SMILES string of the molecule is CCOc1cc(/C=c2/sc3n(c2=O)[C@@H](c2ccccc2)C(C(=O)OC)=C(CC)N=3)cc(I)c1O. The highest BCUT2D eigenvalue weighted by atomic mass is 127. The van der Waals surface area contributed by atoms with Crippen molar-refractivity contribution in [3.63, 3.8) is 0 Å². The van der Waals surface area contributed by atoms with Gasteiger partial charge in [0.1, 0.15) is 0 Å². The molecule has 2 heterocycles. The van der Waals surface area contributed by atoms with Crippen LogP contribution >= 0.6 is 33.9 Å². The largest absolute Gasteiger partial charge is 0.504 e. The minimum Gasteiger partial charge on any atom is -0.504 e. The first-order valence-electron chi connectivity index (χ1n) is 10.7. The van der Waals surface area contributed by atoms with Crippen molar-refractivity contribution < 1.29 is 19.4 Å². The summed E-state index contributed by atoms with van der Waals surface area (Å²) < 4.78 is 13.3. The van der Waals surface area contributed by atoms with E-state index in [2.05, 4.69) is 4.99 Å². The maximum Gasteiger partial charge on any atom is 0.338 e. The van der Waals surface area contributed by atoms with Crippen molar-refractivity contribution >= 4 is 46.0 Å². The summed E-state index contributed by atoms with van der Waals surface area (Å²) in [5.74, 6) is -0.0737. The van der Waals surface area contributed by atoms with Gasteiger partial charge in [-0.3, -0.25) is 9.36 Å². The maximum atomic E-state index is 13.6. The van der Waals surface area contributed by atoms with Gasteiger partial charge in [-0.25, -0.2) is 9.79 Å². The van der Waals surface area contributed by atoms with Crippen molar-refractivity contribution in [3.8, 4) is 11.5 Å². The normalized spacial score (nSPS) is 15.6. The molecule has 4 rings (SSSR count). The molecule has 0 spiro atoms. The van der Waals surface area contributed by atoms with Crippen molar-refractivity contribution in [2.75, 3.05) is 13.7 Å². The first-order chi connectivity index (χ1) is 16.4. The Morgan fingerprint density at radius 3 is 2.65 bits per heavy atom. The predicted molar refractivity (Wildman–Crippen MR) is 139 cm³/mol. The summed E-state index contributed by atoms with van der Waals surface area (Å²) in [6.07, 6.45) is 2.27. The molecule has 176 valence electrons. The Labute approximate surface area is 213 Å². The van der Waals surface area contributed by atoms with Gasteiger partial charge in [-0.1, -0.05) is 48.6 Å². The number of esters is 1. The fourth-order valence-corrected chi connectivity index (χ4v) is 5.55. The number of carbonyl (C=O) groups is 1. The number of rotatable bonds is 6. The van der Waals surface area contributed by atoms with Crippen LogP contribution in [0.4, 0.5) is 0 Å². The minimum absolute atomic E-state index is 0.0699. The van der Waals surface area contributed by atoms with Gasteiger partial charge < -0.3 is 14.6 Å². The van der Waals surface area contributed by atoms with Crippen molar-refractivity contribution in [1.82, 2.24) is 4.57 Å². The Morgan fingerprint density at radius 1 is 1.26 bits per heavy atom. The van der Waals surface area contributed by atoms with E-state index < -0.39 is 12.0 Å². The number of benzene rings is 2. The molecule has 0 bridgehead atoms. The van der Waals surface area contributed by atoms with Crippen LogP contribution in [0.5, 0.6) is 11.5 Å². The van der Waals surface area contributed by atoms with E-state index in [-0.39, 0.29) is 11.3 Å². The van der Waals surface area contributed by atoms with Gasteiger partial charge in [-0.15, -0.1) is 0 Å². The molecule has 1 atom stereocenters. The molecule has 2 aromatic carbocycles. The molecule has 1 aliphatic heterocycles. The second-order valence-electron chi connectivity index (χ2n) is 7.48.